The number of methoxy groups -OCH3 is 2. The van der Waals surface area contributed by atoms with E-state index in [-0.39, 0.29) is 11.9 Å². The van der Waals surface area contributed by atoms with E-state index in [2.05, 4.69) is 31.8 Å². The number of piperazine rings is 1. The average Bonchev–Trinajstić information content (AvgIpc) is 2.93. The normalized spacial score (nSPS) is 13.2. The van der Waals surface area contributed by atoms with Gasteiger partial charge in [-0.1, -0.05) is 12.1 Å². The third-order valence-corrected chi connectivity index (χ3v) is 6.31. The highest BCUT2D eigenvalue weighted by Gasteiger charge is 2.24. The molecule has 1 saturated heterocycles. The van der Waals surface area contributed by atoms with Crippen LogP contribution in [0.4, 0.5) is 27.5 Å². The van der Waals surface area contributed by atoms with Gasteiger partial charge < -0.3 is 35.2 Å². The second kappa shape index (κ2) is 12.2. The van der Waals surface area contributed by atoms with Gasteiger partial charge in [-0.25, -0.2) is 4.79 Å². The molecule has 3 N–H and O–H groups in total. The van der Waals surface area contributed by atoms with Crippen LogP contribution in [0.3, 0.4) is 0 Å². The molecule has 0 bridgehead atoms. The summed E-state index contributed by atoms with van der Waals surface area (Å²) in [6.07, 6.45) is 0. The lowest BCUT2D eigenvalue weighted by atomic mass is 10.1. The van der Waals surface area contributed by atoms with Crippen molar-refractivity contribution in [3.05, 3.63) is 72.3 Å². The van der Waals surface area contributed by atoms with Crippen LogP contribution in [0.2, 0.25) is 0 Å². The molecule has 0 atom stereocenters. The Bertz CT molecular complexity index is 1250. The van der Waals surface area contributed by atoms with E-state index < -0.39 is 6.03 Å². The number of para-hydroxylation sites is 2. The first-order valence-corrected chi connectivity index (χ1v) is 12.7. The number of hydrogen-bond acceptors (Lipinski definition) is 6. The molecule has 1 heterocycles. The number of amides is 3. The molecule has 0 unspecified atom stereocenters. The molecule has 0 aliphatic carbocycles. The molecule has 9 nitrogen and oxygen atoms in total. The average molecular weight is 518 g/mol. The molecule has 0 spiro atoms. The molecule has 3 amide bonds. The topological polar surface area (TPSA) is 95.2 Å². The van der Waals surface area contributed by atoms with E-state index in [1.807, 2.05) is 44.2 Å². The summed E-state index contributed by atoms with van der Waals surface area (Å²) >= 11 is 0. The van der Waals surface area contributed by atoms with E-state index in [0.29, 0.717) is 22.7 Å². The van der Waals surface area contributed by atoms with Crippen LogP contribution in [-0.2, 0) is 0 Å². The third kappa shape index (κ3) is 6.47. The van der Waals surface area contributed by atoms with E-state index in [9.17, 15) is 9.59 Å². The Morgan fingerprint density at radius 3 is 2.00 bits per heavy atom. The number of carbonyl (C=O) groups is 2. The number of carbonyl (C=O) groups excluding carboxylic acids is 2. The SMILES string of the molecule is COc1ccc(NC(=O)Nc2ccc(N3CCN(c4ccccc4OC)CC3)c(C(=O)NC(C)C)c2)cc1. The smallest absolute Gasteiger partial charge is 0.323 e. The Morgan fingerprint density at radius 1 is 0.763 bits per heavy atom. The molecule has 1 fully saturated rings. The Kier molecular flexibility index (Phi) is 8.58. The molecule has 1 aliphatic heterocycles. The zero-order chi connectivity index (χ0) is 27.1. The summed E-state index contributed by atoms with van der Waals surface area (Å²) < 4.78 is 10.7. The molecule has 9 heteroatoms. The van der Waals surface area contributed by atoms with Gasteiger partial charge in [-0.05, 0) is 68.4 Å². The largest absolute Gasteiger partial charge is 0.497 e. The van der Waals surface area contributed by atoms with Gasteiger partial charge in [0.15, 0.2) is 0 Å². The van der Waals surface area contributed by atoms with Crippen molar-refractivity contribution >= 4 is 34.7 Å². The molecule has 0 aromatic heterocycles. The van der Waals surface area contributed by atoms with Crippen LogP contribution < -0.4 is 35.2 Å². The predicted octanol–water partition coefficient (Wildman–Crippen LogP) is 4.81. The Labute approximate surface area is 223 Å². The van der Waals surface area contributed by atoms with Crippen molar-refractivity contribution in [3.63, 3.8) is 0 Å². The minimum atomic E-state index is -0.399. The van der Waals surface area contributed by atoms with Gasteiger partial charge in [-0.3, -0.25) is 4.79 Å². The molecule has 200 valence electrons. The van der Waals surface area contributed by atoms with Crippen molar-refractivity contribution in [1.82, 2.24) is 5.32 Å². The fraction of sp³-hybridized carbons (Fsp3) is 0.310. The van der Waals surface area contributed by atoms with Crippen LogP contribution in [0.15, 0.2) is 66.7 Å². The minimum Gasteiger partial charge on any atom is -0.497 e. The van der Waals surface area contributed by atoms with E-state index in [1.54, 1.807) is 44.6 Å². The van der Waals surface area contributed by atoms with Gasteiger partial charge >= 0.3 is 6.03 Å². The van der Waals surface area contributed by atoms with E-state index in [1.165, 1.54) is 0 Å². The number of urea groups is 1. The fourth-order valence-electron chi connectivity index (χ4n) is 4.46. The van der Waals surface area contributed by atoms with Crippen LogP contribution in [0.5, 0.6) is 11.5 Å². The lowest BCUT2D eigenvalue weighted by Gasteiger charge is -2.38. The lowest BCUT2D eigenvalue weighted by Crippen LogP contribution is -2.47. The molecular weight excluding hydrogens is 482 g/mol. The highest BCUT2D eigenvalue weighted by Crippen LogP contribution is 2.31. The van der Waals surface area contributed by atoms with Crippen LogP contribution in [0.1, 0.15) is 24.2 Å². The number of nitrogens with one attached hydrogen (secondary N) is 3. The first kappa shape index (κ1) is 26.7. The highest BCUT2D eigenvalue weighted by molar-refractivity contribution is 6.04. The second-order valence-electron chi connectivity index (χ2n) is 9.31. The van der Waals surface area contributed by atoms with Crippen molar-refractivity contribution < 1.29 is 19.1 Å². The molecule has 4 rings (SSSR count). The maximum absolute atomic E-state index is 13.2. The van der Waals surface area contributed by atoms with Crippen molar-refractivity contribution in [2.45, 2.75) is 19.9 Å². The highest BCUT2D eigenvalue weighted by atomic mass is 16.5. The van der Waals surface area contributed by atoms with E-state index >= 15 is 0 Å². The molecule has 0 radical (unpaired) electrons. The summed E-state index contributed by atoms with van der Waals surface area (Å²) in [5.41, 5.74) is 3.58. The standard InChI is InChI=1S/C29H35N5O4/c1-20(2)30-28(35)24-19-22(32-29(36)31-21-9-12-23(37-3)13-10-21)11-14-25(24)33-15-17-34(18-16-33)26-7-5-6-8-27(26)38-4/h5-14,19-20H,15-18H2,1-4H3,(H,30,35)(H2,31,32,36). The van der Waals surface area contributed by atoms with Crippen LogP contribution in [-0.4, -0.2) is 58.4 Å². The summed E-state index contributed by atoms with van der Waals surface area (Å²) in [7, 11) is 3.27. The third-order valence-electron chi connectivity index (χ3n) is 6.31. The van der Waals surface area contributed by atoms with Gasteiger partial charge in [0, 0.05) is 49.3 Å². The van der Waals surface area contributed by atoms with Gasteiger partial charge in [0.25, 0.3) is 5.91 Å². The maximum Gasteiger partial charge on any atom is 0.323 e. The van der Waals surface area contributed by atoms with Crippen molar-refractivity contribution in [2.24, 2.45) is 0 Å². The van der Waals surface area contributed by atoms with Crippen LogP contribution >= 0.6 is 0 Å². The summed E-state index contributed by atoms with van der Waals surface area (Å²) in [6, 6.07) is 20.1. The van der Waals surface area contributed by atoms with Crippen molar-refractivity contribution in [3.8, 4) is 11.5 Å². The number of anilines is 4. The quantitative estimate of drug-likeness (QED) is 0.397. The number of hydrogen-bond donors (Lipinski definition) is 3. The van der Waals surface area contributed by atoms with Gasteiger partial charge in [0.1, 0.15) is 11.5 Å². The lowest BCUT2D eigenvalue weighted by molar-refractivity contribution is 0.0943. The molecule has 3 aromatic rings. The molecule has 38 heavy (non-hydrogen) atoms. The summed E-state index contributed by atoms with van der Waals surface area (Å²) in [4.78, 5) is 30.3. The monoisotopic (exact) mass is 517 g/mol. The minimum absolute atomic E-state index is 0.0206. The number of ether oxygens (including phenoxy) is 2. The van der Waals surface area contributed by atoms with Crippen LogP contribution in [0.25, 0.3) is 0 Å². The molecule has 1 aliphatic rings. The second-order valence-corrected chi connectivity index (χ2v) is 9.31. The van der Waals surface area contributed by atoms with Gasteiger partial charge in [0.05, 0.1) is 25.5 Å². The summed E-state index contributed by atoms with van der Waals surface area (Å²) in [6.45, 7) is 6.91. The zero-order valence-corrected chi connectivity index (χ0v) is 22.3. The fourth-order valence-corrected chi connectivity index (χ4v) is 4.46. The van der Waals surface area contributed by atoms with Gasteiger partial charge in [-0.15, -0.1) is 0 Å². The number of rotatable bonds is 8. The first-order valence-electron chi connectivity index (χ1n) is 12.7. The Balaban J connectivity index is 1.49. The number of nitrogens with zero attached hydrogens (tertiary/aromatic N) is 2. The van der Waals surface area contributed by atoms with Crippen LogP contribution in [0, 0.1) is 0 Å². The predicted molar refractivity (Wildman–Crippen MR) is 152 cm³/mol. The summed E-state index contributed by atoms with van der Waals surface area (Å²) in [5, 5.41) is 8.62. The number of benzene rings is 3. The van der Waals surface area contributed by atoms with Gasteiger partial charge in [-0.2, -0.15) is 0 Å². The zero-order valence-electron chi connectivity index (χ0n) is 22.3. The van der Waals surface area contributed by atoms with Crippen molar-refractivity contribution in [2.75, 3.05) is 60.8 Å². The Hall–Kier alpha value is -4.40. The summed E-state index contributed by atoms with van der Waals surface area (Å²) in [5.74, 6) is 1.37. The van der Waals surface area contributed by atoms with E-state index in [4.69, 9.17) is 9.47 Å². The molecule has 3 aromatic carbocycles. The maximum atomic E-state index is 13.2. The van der Waals surface area contributed by atoms with Gasteiger partial charge in [0.2, 0.25) is 0 Å². The van der Waals surface area contributed by atoms with E-state index in [0.717, 1.165) is 43.3 Å². The van der Waals surface area contributed by atoms with Crippen molar-refractivity contribution in [1.29, 1.82) is 0 Å². The first-order chi connectivity index (χ1) is 18.4. The molecular formula is C29H35N5O4. The Morgan fingerprint density at radius 2 is 1.37 bits per heavy atom. The molecule has 0 saturated carbocycles.